The quantitative estimate of drug-likeness (QED) is 0.512. The van der Waals surface area contributed by atoms with E-state index < -0.39 is 0 Å². The molecule has 1 atom stereocenters. The minimum absolute atomic E-state index is 0.699. The summed E-state index contributed by atoms with van der Waals surface area (Å²) in [5.41, 5.74) is 1.42. The van der Waals surface area contributed by atoms with Crippen molar-refractivity contribution in [1.29, 1.82) is 0 Å². The predicted molar refractivity (Wildman–Crippen MR) is 78.0 cm³/mol. The molecule has 3 heteroatoms. The largest absolute Gasteiger partial charge is 0.380 e. The number of allylic oxidation sites excluding steroid dienone is 1. The minimum Gasteiger partial charge on any atom is -0.380 e. The van der Waals surface area contributed by atoms with Gasteiger partial charge in [-0.1, -0.05) is 18.6 Å². The Hall–Kier alpha value is -0.380. The number of nitrogens with zero attached hydrogens (tertiary/aromatic N) is 2. The molecule has 1 rings (SSSR count). The molecule has 0 amide bonds. The van der Waals surface area contributed by atoms with Crippen molar-refractivity contribution in [2.75, 3.05) is 45.9 Å². The van der Waals surface area contributed by atoms with Crippen LogP contribution in [-0.4, -0.2) is 61.8 Å². The molecular formula is C15H30N2O. The van der Waals surface area contributed by atoms with E-state index in [-0.39, 0.29) is 0 Å². The van der Waals surface area contributed by atoms with E-state index in [0.717, 1.165) is 26.3 Å². The Morgan fingerprint density at radius 3 is 2.67 bits per heavy atom. The highest BCUT2D eigenvalue weighted by atomic mass is 16.5. The van der Waals surface area contributed by atoms with Crippen molar-refractivity contribution >= 4 is 0 Å². The van der Waals surface area contributed by atoms with E-state index in [1.54, 1.807) is 0 Å². The van der Waals surface area contributed by atoms with Crippen LogP contribution in [0.2, 0.25) is 0 Å². The highest BCUT2D eigenvalue weighted by Crippen LogP contribution is 2.12. The zero-order valence-corrected chi connectivity index (χ0v) is 12.6. The maximum atomic E-state index is 5.47. The fourth-order valence-electron chi connectivity index (χ4n) is 2.44. The van der Waals surface area contributed by atoms with E-state index in [2.05, 4.69) is 43.6 Å². The van der Waals surface area contributed by atoms with Crippen molar-refractivity contribution in [1.82, 2.24) is 9.80 Å². The van der Waals surface area contributed by atoms with E-state index in [9.17, 15) is 0 Å². The van der Waals surface area contributed by atoms with Gasteiger partial charge in [0.15, 0.2) is 0 Å². The summed E-state index contributed by atoms with van der Waals surface area (Å²) >= 11 is 0. The van der Waals surface area contributed by atoms with Gasteiger partial charge in [0.05, 0.1) is 6.61 Å². The van der Waals surface area contributed by atoms with Crippen LogP contribution in [0.25, 0.3) is 0 Å². The predicted octanol–water partition coefficient (Wildman–Crippen LogP) is 2.39. The molecule has 0 saturated carbocycles. The molecule has 1 aliphatic heterocycles. The summed E-state index contributed by atoms with van der Waals surface area (Å²) in [6.45, 7) is 16.2. The summed E-state index contributed by atoms with van der Waals surface area (Å²) in [6, 6.07) is 0.699. The number of piperazine rings is 1. The molecule has 1 unspecified atom stereocenters. The van der Waals surface area contributed by atoms with Crippen molar-refractivity contribution in [2.24, 2.45) is 0 Å². The molecule has 3 nitrogen and oxygen atoms in total. The molecule has 0 N–H and O–H groups in total. The lowest BCUT2D eigenvalue weighted by Gasteiger charge is -2.40. The van der Waals surface area contributed by atoms with Crippen LogP contribution in [0.15, 0.2) is 11.6 Å². The van der Waals surface area contributed by atoms with Gasteiger partial charge in [0.2, 0.25) is 0 Å². The van der Waals surface area contributed by atoms with E-state index in [1.165, 1.54) is 31.6 Å². The molecule has 0 spiro atoms. The summed E-state index contributed by atoms with van der Waals surface area (Å²) < 4.78 is 5.47. The number of ether oxygens (including phenoxy) is 1. The number of hydrogen-bond donors (Lipinski definition) is 0. The van der Waals surface area contributed by atoms with Crippen LogP contribution in [-0.2, 0) is 4.74 Å². The zero-order chi connectivity index (χ0) is 13.4. The van der Waals surface area contributed by atoms with Crippen LogP contribution in [0.1, 0.15) is 34.1 Å². The van der Waals surface area contributed by atoms with Crippen molar-refractivity contribution < 1.29 is 4.74 Å². The maximum Gasteiger partial charge on any atom is 0.0593 e. The van der Waals surface area contributed by atoms with Crippen molar-refractivity contribution in [3.63, 3.8) is 0 Å². The van der Waals surface area contributed by atoms with Gasteiger partial charge in [0, 0.05) is 45.4 Å². The Morgan fingerprint density at radius 1 is 1.28 bits per heavy atom. The lowest BCUT2D eigenvalue weighted by atomic mass is 10.1. The molecular weight excluding hydrogens is 224 g/mol. The maximum absolute atomic E-state index is 5.47. The second-order valence-corrected chi connectivity index (χ2v) is 5.34. The van der Waals surface area contributed by atoms with Gasteiger partial charge < -0.3 is 4.74 Å². The van der Waals surface area contributed by atoms with Gasteiger partial charge in [0.25, 0.3) is 0 Å². The van der Waals surface area contributed by atoms with E-state index in [1.807, 2.05) is 0 Å². The molecule has 0 aromatic heterocycles. The third kappa shape index (κ3) is 5.51. The van der Waals surface area contributed by atoms with Crippen LogP contribution in [0.5, 0.6) is 0 Å². The second-order valence-electron chi connectivity index (χ2n) is 5.34. The first-order chi connectivity index (χ1) is 8.67. The lowest BCUT2D eigenvalue weighted by Crippen LogP contribution is -2.53. The minimum atomic E-state index is 0.699. The monoisotopic (exact) mass is 254 g/mol. The van der Waals surface area contributed by atoms with Gasteiger partial charge in [-0.2, -0.15) is 0 Å². The van der Waals surface area contributed by atoms with Crippen LogP contribution in [0, 0.1) is 0 Å². The van der Waals surface area contributed by atoms with Gasteiger partial charge in [-0.3, -0.25) is 9.80 Å². The molecule has 18 heavy (non-hydrogen) atoms. The molecule has 0 aromatic rings. The Balaban J connectivity index is 2.36. The second kappa shape index (κ2) is 8.68. The van der Waals surface area contributed by atoms with Crippen LogP contribution in [0.4, 0.5) is 0 Å². The molecule has 1 heterocycles. The molecule has 1 saturated heterocycles. The average molecular weight is 254 g/mol. The van der Waals surface area contributed by atoms with E-state index in [0.29, 0.717) is 6.04 Å². The number of hydrogen-bond acceptors (Lipinski definition) is 3. The Labute approximate surface area is 113 Å². The standard InChI is InChI=1S/C15H30N2O/c1-5-15-13-16(8-7-14(3)4)9-10-17(15)11-12-18-6-2/h7,15H,5-6,8-13H2,1-4H3. The highest BCUT2D eigenvalue weighted by molar-refractivity contribution is 4.96. The van der Waals surface area contributed by atoms with E-state index >= 15 is 0 Å². The first kappa shape index (κ1) is 15.7. The summed E-state index contributed by atoms with van der Waals surface area (Å²) in [4.78, 5) is 5.16. The number of rotatable bonds is 7. The molecule has 1 aliphatic rings. The fourth-order valence-corrected chi connectivity index (χ4v) is 2.44. The normalized spacial score (nSPS) is 22.1. The third-order valence-corrected chi connectivity index (χ3v) is 3.64. The van der Waals surface area contributed by atoms with Crippen LogP contribution < -0.4 is 0 Å². The summed E-state index contributed by atoms with van der Waals surface area (Å²) in [5.74, 6) is 0. The molecule has 1 fully saturated rings. The Morgan fingerprint density at radius 2 is 2.06 bits per heavy atom. The Bertz CT molecular complexity index is 249. The molecule has 0 aromatic carbocycles. The molecule has 0 aliphatic carbocycles. The molecule has 0 radical (unpaired) electrons. The zero-order valence-electron chi connectivity index (χ0n) is 12.6. The van der Waals surface area contributed by atoms with Gasteiger partial charge in [-0.15, -0.1) is 0 Å². The smallest absolute Gasteiger partial charge is 0.0593 e. The molecule has 106 valence electrons. The average Bonchev–Trinajstić information content (AvgIpc) is 2.37. The van der Waals surface area contributed by atoms with Gasteiger partial charge >= 0.3 is 0 Å². The fraction of sp³-hybridized carbons (Fsp3) is 0.867. The van der Waals surface area contributed by atoms with Crippen molar-refractivity contribution in [2.45, 2.75) is 40.2 Å². The van der Waals surface area contributed by atoms with Crippen molar-refractivity contribution in [3.8, 4) is 0 Å². The first-order valence-corrected chi connectivity index (χ1v) is 7.34. The van der Waals surface area contributed by atoms with Crippen LogP contribution in [0.3, 0.4) is 0 Å². The van der Waals surface area contributed by atoms with Gasteiger partial charge in [-0.25, -0.2) is 0 Å². The third-order valence-electron chi connectivity index (χ3n) is 3.64. The van der Waals surface area contributed by atoms with Gasteiger partial charge in [0.1, 0.15) is 0 Å². The lowest BCUT2D eigenvalue weighted by molar-refractivity contribution is 0.0453. The molecule has 0 bridgehead atoms. The summed E-state index contributed by atoms with van der Waals surface area (Å²) in [7, 11) is 0. The Kier molecular flexibility index (Phi) is 7.56. The highest BCUT2D eigenvalue weighted by Gasteiger charge is 2.24. The van der Waals surface area contributed by atoms with Gasteiger partial charge in [-0.05, 0) is 27.2 Å². The topological polar surface area (TPSA) is 15.7 Å². The SMILES string of the molecule is CCOCCN1CCN(CC=C(C)C)CC1CC. The van der Waals surface area contributed by atoms with Crippen molar-refractivity contribution in [3.05, 3.63) is 11.6 Å². The first-order valence-electron chi connectivity index (χ1n) is 7.34. The van der Waals surface area contributed by atoms with Crippen LogP contribution >= 0.6 is 0 Å². The van der Waals surface area contributed by atoms with E-state index in [4.69, 9.17) is 4.74 Å². The summed E-state index contributed by atoms with van der Waals surface area (Å²) in [6.07, 6.45) is 3.57. The summed E-state index contributed by atoms with van der Waals surface area (Å²) in [5, 5.41) is 0.